The van der Waals surface area contributed by atoms with Crippen LogP contribution in [-0.2, 0) is 6.54 Å². The second kappa shape index (κ2) is 6.77. The minimum absolute atomic E-state index is 0.714. The number of aromatic nitrogens is 1. The summed E-state index contributed by atoms with van der Waals surface area (Å²) in [5.41, 5.74) is 7.91. The molecular weight excluding hydrogens is 222 g/mol. The van der Waals surface area contributed by atoms with Crippen LogP contribution < -0.4 is 10.6 Å². The maximum absolute atomic E-state index is 5.61. The van der Waals surface area contributed by atoms with Gasteiger partial charge in [0.1, 0.15) is 0 Å². The maximum Gasteiger partial charge on any atom is 0.0602 e. The third-order valence-corrected chi connectivity index (χ3v) is 2.83. The highest BCUT2D eigenvalue weighted by atomic mass is 15.1. The molecule has 1 heterocycles. The molecule has 0 aliphatic carbocycles. The van der Waals surface area contributed by atoms with E-state index in [1.807, 2.05) is 24.4 Å². The third kappa shape index (κ3) is 3.57. The molecule has 3 nitrogen and oxygen atoms in total. The van der Waals surface area contributed by atoms with Gasteiger partial charge in [-0.05, 0) is 37.2 Å². The van der Waals surface area contributed by atoms with E-state index in [0.717, 1.165) is 25.2 Å². The molecule has 2 N–H and O–H groups in total. The van der Waals surface area contributed by atoms with Crippen molar-refractivity contribution in [1.29, 1.82) is 0 Å². The molecule has 0 atom stereocenters. The van der Waals surface area contributed by atoms with E-state index in [4.69, 9.17) is 5.73 Å². The van der Waals surface area contributed by atoms with E-state index in [9.17, 15) is 0 Å². The van der Waals surface area contributed by atoms with Gasteiger partial charge in [-0.2, -0.15) is 0 Å². The number of hydrogen-bond donors (Lipinski definition) is 1. The summed E-state index contributed by atoms with van der Waals surface area (Å²) in [5, 5.41) is 0. The number of nitrogens with zero attached hydrogens (tertiary/aromatic N) is 2. The normalized spacial score (nSPS) is 10.3. The average Bonchev–Trinajstić information content (AvgIpc) is 2.45. The summed E-state index contributed by atoms with van der Waals surface area (Å²) in [5.74, 6) is 0. The highest BCUT2D eigenvalue weighted by molar-refractivity contribution is 5.46. The Morgan fingerprint density at radius 3 is 2.44 bits per heavy atom. The van der Waals surface area contributed by atoms with Crippen molar-refractivity contribution >= 4 is 5.69 Å². The lowest BCUT2D eigenvalue weighted by molar-refractivity contribution is 0.726. The Hall–Kier alpha value is -1.87. The number of para-hydroxylation sites is 1. The fourth-order valence-corrected chi connectivity index (χ4v) is 1.91. The lowest BCUT2D eigenvalue weighted by Crippen LogP contribution is -2.26. The molecule has 0 bridgehead atoms. The second-order valence-corrected chi connectivity index (χ2v) is 4.22. The van der Waals surface area contributed by atoms with Gasteiger partial charge in [0.25, 0.3) is 0 Å². The molecule has 0 saturated heterocycles. The average molecular weight is 241 g/mol. The first kappa shape index (κ1) is 12.6. The zero-order valence-electron chi connectivity index (χ0n) is 10.5. The molecule has 0 unspecified atom stereocenters. The minimum Gasteiger partial charge on any atom is -0.366 e. The first-order chi connectivity index (χ1) is 8.90. The minimum atomic E-state index is 0.714. The van der Waals surface area contributed by atoms with Gasteiger partial charge in [-0.1, -0.05) is 24.3 Å². The Balaban J connectivity index is 2.10. The van der Waals surface area contributed by atoms with Crippen LogP contribution in [0.1, 0.15) is 12.1 Å². The van der Waals surface area contributed by atoms with Crippen LogP contribution in [0, 0.1) is 0 Å². The van der Waals surface area contributed by atoms with E-state index in [2.05, 4.69) is 40.2 Å². The predicted octanol–water partition coefficient (Wildman–Crippen LogP) is 2.44. The summed E-state index contributed by atoms with van der Waals surface area (Å²) in [7, 11) is 0. The smallest absolute Gasteiger partial charge is 0.0602 e. The lowest BCUT2D eigenvalue weighted by atomic mass is 10.2. The molecule has 2 aromatic rings. The Bertz CT molecular complexity index is 442. The summed E-state index contributed by atoms with van der Waals surface area (Å²) in [6.07, 6.45) is 2.82. The fraction of sp³-hybridized carbons (Fsp3) is 0.267. The molecule has 1 aromatic heterocycles. The second-order valence-electron chi connectivity index (χ2n) is 4.22. The Kier molecular flexibility index (Phi) is 4.73. The van der Waals surface area contributed by atoms with Crippen LogP contribution in [0.3, 0.4) is 0 Å². The van der Waals surface area contributed by atoms with Crippen LogP contribution in [0.15, 0.2) is 54.7 Å². The molecule has 1 aromatic carbocycles. The Morgan fingerprint density at radius 1 is 1.00 bits per heavy atom. The molecule has 0 amide bonds. The number of hydrogen-bond acceptors (Lipinski definition) is 3. The fourth-order valence-electron chi connectivity index (χ4n) is 1.91. The van der Waals surface area contributed by atoms with Crippen LogP contribution >= 0.6 is 0 Å². The van der Waals surface area contributed by atoms with Gasteiger partial charge in [-0.3, -0.25) is 4.98 Å². The molecule has 0 saturated carbocycles. The molecule has 0 spiro atoms. The summed E-state index contributed by atoms with van der Waals surface area (Å²) < 4.78 is 0. The van der Waals surface area contributed by atoms with E-state index in [-0.39, 0.29) is 0 Å². The van der Waals surface area contributed by atoms with E-state index >= 15 is 0 Å². The van der Waals surface area contributed by atoms with Gasteiger partial charge < -0.3 is 10.6 Å². The van der Waals surface area contributed by atoms with Gasteiger partial charge in [0, 0.05) is 18.4 Å². The highest BCUT2D eigenvalue weighted by Gasteiger charge is 2.06. The maximum atomic E-state index is 5.61. The van der Waals surface area contributed by atoms with Gasteiger partial charge in [0.05, 0.1) is 12.2 Å². The molecule has 0 aliphatic rings. The van der Waals surface area contributed by atoms with Gasteiger partial charge in [0.2, 0.25) is 0 Å². The first-order valence-corrected chi connectivity index (χ1v) is 6.30. The van der Waals surface area contributed by atoms with Gasteiger partial charge in [0.15, 0.2) is 0 Å². The van der Waals surface area contributed by atoms with Crippen molar-refractivity contribution in [3.63, 3.8) is 0 Å². The van der Waals surface area contributed by atoms with Crippen LogP contribution in [0.4, 0.5) is 5.69 Å². The molecule has 3 heteroatoms. The van der Waals surface area contributed by atoms with E-state index in [1.165, 1.54) is 5.69 Å². The molecular formula is C15H19N3. The molecule has 2 rings (SSSR count). The lowest BCUT2D eigenvalue weighted by Gasteiger charge is -2.24. The van der Waals surface area contributed by atoms with Crippen molar-refractivity contribution in [3.8, 4) is 0 Å². The monoisotopic (exact) mass is 241 g/mol. The first-order valence-electron chi connectivity index (χ1n) is 6.30. The van der Waals surface area contributed by atoms with E-state index in [0.29, 0.717) is 6.54 Å². The number of nitrogens with two attached hydrogens (primary N) is 1. The van der Waals surface area contributed by atoms with Crippen molar-refractivity contribution in [1.82, 2.24) is 4.98 Å². The zero-order valence-corrected chi connectivity index (χ0v) is 10.5. The molecule has 0 radical (unpaired) electrons. The van der Waals surface area contributed by atoms with Crippen LogP contribution in [0.2, 0.25) is 0 Å². The molecule has 0 fully saturated rings. The van der Waals surface area contributed by atoms with Gasteiger partial charge >= 0.3 is 0 Å². The van der Waals surface area contributed by atoms with Gasteiger partial charge in [-0.15, -0.1) is 0 Å². The molecule has 18 heavy (non-hydrogen) atoms. The van der Waals surface area contributed by atoms with Crippen molar-refractivity contribution < 1.29 is 0 Å². The van der Waals surface area contributed by atoms with E-state index in [1.54, 1.807) is 0 Å². The van der Waals surface area contributed by atoms with Crippen LogP contribution in [0.25, 0.3) is 0 Å². The van der Waals surface area contributed by atoms with Crippen molar-refractivity contribution in [2.45, 2.75) is 13.0 Å². The number of benzene rings is 1. The summed E-state index contributed by atoms with van der Waals surface area (Å²) in [4.78, 5) is 6.69. The van der Waals surface area contributed by atoms with Crippen molar-refractivity contribution in [3.05, 3.63) is 60.4 Å². The van der Waals surface area contributed by atoms with Gasteiger partial charge in [-0.25, -0.2) is 0 Å². The van der Waals surface area contributed by atoms with Crippen LogP contribution in [-0.4, -0.2) is 18.1 Å². The van der Waals surface area contributed by atoms with Crippen LogP contribution in [0.5, 0.6) is 0 Å². The molecule has 0 aliphatic heterocycles. The number of anilines is 1. The highest BCUT2D eigenvalue weighted by Crippen LogP contribution is 2.16. The van der Waals surface area contributed by atoms with Crippen molar-refractivity contribution in [2.75, 3.05) is 18.0 Å². The topological polar surface area (TPSA) is 42.1 Å². The SMILES string of the molecule is NCCCN(Cc1ccccn1)c1ccccc1. The largest absolute Gasteiger partial charge is 0.366 e. The summed E-state index contributed by atoms with van der Waals surface area (Å²) >= 11 is 0. The molecule has 94 valence electrons. The Labute approximate surface area is 108 Å². The summed E-state index contributed by atoms with van der Waals surface area (Å²) in [6.45, 7) is 2.49. The summed E-state index contributed by atoms with van der Waals surface area (Å²) in [6, 6.07) is 16.4. The number of pyridine rings is 1. The quantitative estimate of drug-likeness (QED) is 0.844. The number of rotatable bonds is 6. The zero-order chi connectivity index (χ0) is 12.6. The Morgan fingerprint density at radius 2 is 1.78 bits per heavy atom. The predicted molar refractivity (Wildman–Crippen MR) is 75.4 cm³/mol. The van der Waals surface area contributed by atoms with Crippen molar-refractivity contribution in [2.24, 2.45) is 5.73 Å². The van der Waals surface area contributed by atoms with E-state index < -0.39 is 0 Å². The third-order valence-electron chi connectivity index (χ3n) is 2.83. The standard InChI is InChI=1S/C15H19N3/c16-10-6-12-18(15-8-2-1-3-9-15)13-14-7-4-5-11-17-14/h1-5,7-9,11H,6,10,12-13,16H2.